The first-order chi connectivity index (χ1) is 7.08. The lowest BCUT2D eigenvalue weighted by Gasteiger charge is -2.03. The van der Waals surface area contributed by atoms with Crippen LogP contribution < -0.4 is 0 Å². The van der Waals surface area contributed by atoms with E-state index in [1.807, 2.05) is 0 Å². The van der Waals surface area contributed by atoms with E-state index in [4.69, 9.17) is 4.74 Å². The van der Waals surface area contributed by atoms with Gasteiger partial charge in [0.15, 0.2) is 0 Å². The van der Waals surface area contributed by atoms with Crippen molar-refractivity contribution in [1.82, 2.24) is 0 Å². The fourth-order valence-electron chi connectivity index (χ4n) is 1.01. The summed E-state index contributed by atoms with van der Waals surface area (Å²) in [5.74, 6) is -0.689. The number of hydrogen-bond acceptors (Lipinski definition) is 2. The summed E-state index contributed by atoms with van der Waals surface area (Å²) in [6.07, 6.45) is 2.78. The van der Waals surface area contributed by atoms with Gasteiger partial charge >= 0.3 is 5.97 Å². The van der Waals surface area contributed by atoms with E-state index in [0.29, 0.717) is 0 Å². The number of esters is 1. The molecule has 0 saturated heterocycles. The van der Waals surface area contributed by atoms with Crippen LogP contribution in [-0.4, -0.2) is 12.1 Å². The van der Waals surface area contributed by atoms with Crippen molar-refractivity contribution in [3.63, 3.8) is 0 Å². The van der Waals surface area contributed by atoms with Gasteiger partial charge in [-0.15, -0.1) is 0 Å². The molecule has 3 heteroatoms. The highest BCUT2D eigenvalue weighted by Gasteiger charge is 1.99. The number of hydrogen-bond donors (Lipinski definition) is 0. The zero-order chi connectivity index (χ0) is 11.3. The molecule has 0 N–H and O–H groups in total. The Morgan fingerprint density at radius 1 is 1.33 bits per heavy atom. The third-order valence-electron chi connectivity index (χ3n) is 1.63. The summed E-state index contributed by atoms with van der Waals surface area (Å²) in [5.41, 5.74) is 0.761. The van der Waals surface area contributed by atoms with Gasteiger partial charge in [0, 0.05) is 6.08 Å². The maximum Gasteiger partial charge on any atom is 0.331 e. The molecule has 1 aromatic rings. The van der Waals surface area contributed by atoms with Gasteiger partial charge in [-0.1, -0.05) is 12.1 Å². The molecular weight excluding hydrogens is 195 g/mol. The molecule has 0 aromatic heterocycles. The largest absolute Gasteiger partial charge is 0.460 e. The summed E-state index contributed by atoms with van der Waals surface area (Å²) in [6, 6.07) is 5.86. The van der Waals surface area contributed by atoms with Gasteiger partial charge < -0.3 is 4.74 Å². The smallest absolute Gasteiger partial charge is 0.331 e. The number of rotatable bonds is 3. The highest BCUT2D eigenvalue weighted by atomic mass is 19.1. The molecule has 0 fully saturated rings. The first-order valence-corrected chi connectivity index (χ1v) is 4.72. The van der Waals surface area contributed by atoms with E-state index in [9.17, 15) is 9.18 Å². The average molecular weight is 208 g/mol. The minimum atomic E-state index is -0.394. The van der Waals surface area contributed by atoms with E-state index in [0.717, 1.165) is 5.56 Å². The lowest BCUT2D eigenvalue weighted by Crippen LogP contribution is -2.08. The molecule has 0 aliphatic rings. The minimum Gasteiger partial charge on any atom is -0.460 e. The molecule has 0 unspecified atom stereocenters. The molecule has 0 aliphatic heterocycles. The van der Waals surface area contributed by atoms with Gasteiger partial charge in [0.2, 0.25) is 0 Å². The zero-order valence-electron chi connectivity index (χ0n) is 8.74. The van der Waals surface area contributed by atoms with Crippen LogP contribution in [0.25, 0.3) is 6.08 Å². The van der Waals surface area contributed by atoms with Crippen LogP contribution in [-0.2, 0) is 9.53 Å². The van der Waals surface area contributed by atoms with E-state index in [2.05, 4.69) is 0 Å². The average Bonchev–Trinajstić information content (AvgIpc) is 2.16. The normalized spacial score (nSPS) is 10.9. The molecule has 0 radical (unpaired) electrons. The number of carbonyl (C=O) groups excluding carboxylic acids is 1. The second-order valence-corrected chi connectivity index (χ2v) is 3.37. The van der Waals surface area contributed by atoms with E-state index >= 15 is 0 Å². The predicted molar refractivity (Wildman–Crippen MR) is 56.7 cm³/mol. The Hall–Kier alpha value is -1.64. The first kappa shape index (κ1) is 11.4. The number of carbonyl (C=O) groups is 1. The molecule has 2 nitrogen and oxygen atoms in total. The molecule has 1 rings (SSSR count). The molecule has 0 aliphatic carbocycles. The van der Waals surface area contributed by atoms with Crippen molar-refractivity contribution in [2.45, 2.75) is 20.0 Å². The van der Waals surface area contributed by atoms with Crippen molar-refractivity contribution in [3.05, 3.63) is 41.7 Å². The van der Waals surface area contributed by atoms with Crippen molar-refractivity contribution in [3.8, 4) is 0 Å². The Labute approximate surface area is 88.4 Å². The van der Waals surface area contributed by atoms with Crippen molar-refractivity contribution < 1.29 is 13.9 Å². The van der Waals surface area contributed by atoms with Gasteiger partial charge in [-0.05, 0) is 37.6 Å². The molecule has 0 saturated carbocycles. The van der Waals surface area contributed by atoms with Gasteiger partial charge in [-0.3, -0.25) is 0 Å². The maximum absolute atomic E-state index is 12.5. The number of halogens is 1. The molecule has 0 atom stereocenters. The SMILES string of the molecule is CC(C)OC(=O)/C=C/c1ccc(F)cc1. The Morgan fingerprint density at radius 2 is 1.93 bits per heavy atom. The number of benzene rings is 1. The third-order valence-corrected chi connectivity index (χ3v) is 1.63. The topological polar surface area (TPSA) is 26.3 Å². The fourth-order valence-corrected chi connectivity index (χ4v) is 1.01. The second-order valence-electron chi connectivity index (χ2n) is 3.37. The van der Waals surface area contributed by atoms with Crippen LogP contribution in [0, 0.1) is 5.82 Å². The molecule has 0 bridgehead atoms. The van der Waals surface area contributed by atoms with E-state index in [-0.39, 0.29) is 11.9 Å². The summed E-state index contributed by atoms with van der Waals surface area (Å²) < 4.78 is 17.4. The quantitative estimate of drug-likeness (QED) is 0.564. The Kier molecular flexibility index (Phi) is 4.03. The van der Waals surface area contributed by atoms with Crippen molar-refractivity contribution >= 4 is 12.0 Å². The van der Waals surface area contributed by atoms with Crippen molar-refractivity contribution in [2.24, 2.45) is 0 Å². The molecule has 0 heterocycles. The molecule has 0 amide bonds. The summed E-state index contributed by atoms with van der Waals surface area (Å²) >= 11 is 0. The minimum absolute atomic E-state index is 0.129. The molecular formula is C12H13FO2. The second kappa shape index (κ2) is 5.29. The monoisotopic (exact) mass is 208 g/mol. The van der Waals surface area contributed by atoms with Crippen LogP contribution in [0.4, 0.5) is 4.39 Å². The first-order valence-electron chi connectivity index (χ1n) is 4.72. The lowest BCUT2D eigenvalue weighted by atomic mass is 10.2. The van der Waals surface area contributed by atoms with Gasteiger partial charge in [0.25, 0.3) is 0 Å². The molecule has 15 heavy (non-hydrogen) atoms. The van der Waals surface area contributed by atoms with Gasteiger partial charge in [-0.2, -0.15) is 0 Å². The Morgan fingerprint density at radius 3 is 2.47 bits per heavy atom. The van der Waals surface area contributed by atoms with Gasteiger partial charge in [0.1, 0.15) is 5.82 Å². The summed E-state index contributed by atoms with van der Waals surface area (Å²) in [5, 5.41) is 0. The van der Waals surface area contributed by atoms with Crippen molar-refractivity contribution in [2.75, 3.05) is 0 Å². The predicted octanol–water partition coefficient (Wildman–Crippen LogP) is 2.79. The van der Waals surface area contributed by atoms with Crippen molar-refractivity contribution in [1.29, 1.82) is 0 Å². The van der Waals surface area contributed by atoms with Crippen LogP contribution in [0.1, 0.15) is 19.4 Å². The third kappa shape index (κ3) is 4.40. The standard InChI is InChI=1S/C12H13FO2/c1-9(2)15-12(14)8-5-10-3-6-11(13)7-4-10/h3-9H,1-2H3/b8-5+. The van der Waals surface area contributed by atoms with Gasteiger partial charge in [-0.25, -0.2) is 9.18 Å². The fraction of sp³-hybridized carbons (Fsp3) is 0.250. The van der Waals surface area contributed by atoms with Crippen LogP contribution in [0.3, 0.4) is 0 Å². The summed E-state index contributed by atoms with van der Waals surface area (Å²) in [6.45, 7) is 3.56. The van der Waals surface area contributed by atoms with Crippen LogP contribution in [0.5, 0.6) is 0 Å². The van der Waals surface area contributed by atoms with Crippen LogP contribution in [0.2, 0.25) is 0 Å². The Balaban J connectivity index is 2.57. The molecule has 80 valence electrons. The van der Waals surface area contributed by atoms with Crippen LogP contribution in [0.15, 0.2) is 30.3 Å². The molecule has 0 spiro atoms. The molecule has 1 aromatic carbocycles. The maximum atomic E-state index is 12.5. The van der Waals surface area contributed by atoms with E-state index < -0.39 is 5.97 Å². The highest BCUT2D eigenvalue weighted by Crippen LogP contribution is 2.04. The lowest BCUT2D eigenvalue weighted by molar-refractivity contribution is -0.141. The summed E-state index contributed by atoms with van der Waals surface area (Å²) in [4.78, 5) is 11.1. The van der Waals surface area contributed by atoms with E-state index in [1.54, 1.807) is 32.1 Å². The van der Waals surface area contributed by atoms with Crippen LogP contribution >= 0.6 is 0 Å². The van der Waals surface area contributed by atoms with E-state index in [1.165, 1.54) is 18.2 Å². The number of ether oxygens (including phenoxy) is 1. The summed E-state index contributed by atoms with van der Waals surface area (Å²) in [7, 11) is 0. The highest BCUT2D eigenvalue weighted by molar-refractivity contribution is 5.87. The van der Waals surface area contributed by atoms with Gasteiger partial charge in [0.05, 0.1) is 6.10 Å². The Bertz CT molecular complexity index is 352. The zero-order valence-corrected chi connectivity index (χ0v) is 8.74.